The maximum atomic E-state index is 11.9. The highest BCUT2D eigenvalue weighted by molar-refractivity contribution is 5.76. The summed E-state index contributed by atoms with van der Waals surface area (Å²) in [5.41, 5.74) is 0.878. The van der Waals surface area contributed by atoms with Crippen LogP contribution in [0.15, 0.2) is 18.5 Å². The number of aliphatic hydroxyl groups is 1. The smallest absolute Gasteiger partial charge is 0.240 e. The number of hydrogen-bond donors (Lipinski definition) is 2. The summed E-state index contributed by atoms with van der Waals surface area (Å²) in [5.74, 6) is 0.247. The van der Waals surface area contributed by atoms with Crippen LogP contribution in [0.25, 0.3) is 0 Å². The number of hydrogen-bond acceptors (Lipinski definition) is 2. The van der Waals surface area contributed by atoms with Gasteiger partial charge in [0.25, 0.3) is 0 Å². The zero-order valence-electron chi connectivity index (χ0n) is 11.8. The van der Waals surface area contributed by atoms with Gasteiger partial charge in [-0.1, -0.05) is 26.7 Å². The molecule has 1 aliphatic rings. The van der Waals surface area contributed by atoms with E-state index in [-0.39, 0.29) is 11.8 Å². The van der Waals surface area contributed by atoms with Gasteiger partial charge in [0.2, 0.25) is 5.91 Å². The summed E-state index contributed by atoms with van der Waals surface area (Å²) in [4.78, 5) is 11.9. The molecule has 2 rings (SSSR count). The second-order valence-corrected chi connectivity index (χ2v) is 5.85. The monoisotopic (exact) mass is 264 g/mol. The largest absolute Gasteiger partial charge is 0.388 e. The van der Waals surface area contributed by atoms with Crippen molar-refractivity contribution in [3.05, 3.63) is 24.0 Å². The zero-order chi connectivity index (χ0) is 13.8. The van der Waals surface area contributed by atoms with Crippen LogP contribution in [0.1, 0.15) is 51.2 Å². The van der Waals surface area contributed by atoms with Crippen molar-refractivity contribution >= 4 is 5.91 Å². The van der Waals surface area contributed by atoms with Crippen molar-refractivity contribution in [2.75, 3.05) is 0 Å². The molecule has 106 valence electrons. The van der Waals surface area contributed by atoms with Gasteiger partial charge in [0.1, 0.15) is 6.54 Å². The van der Waals surface area contributed by atoms with Crippen molar-refractivity contribution in [3.8, 4) is 0 Å². The molecule has 1 unspecified atom stereocenters. The third kappa shape index (κ3) is 3.83. The van der Waals surface area contributed by atoms with Gasteiger partial charge in [-0.25, -0.2) is 0 Å². The van der Waals surface area contributed by atoms with Crippen LogP contribution in [-0.4, -0.2) is 21.6 Å². The Morgan fingerprint density at radius 2 is 2.16 bits per heavy atom. The molecule has 1 fully saturated rings. The Kier molecular flexibility index (Phi) is 4.64. The molecule has 0 radical (unpaired) electrons. The van der Waals surface area contributed by atoms with E-state index in [0.29, 0.717) is 12.6 Å². The van der Waals surface area contributed by atoms with E-state index in [2.05, 4.69) is 5.32 Å². The first-order chi connectivity index (χ1) is 9.06. The van der Waals surface area contributed by atoms with Gasteiger partial charge in [0.05, 0.1) is 6.10 Å². The first-order valence-electron chi connectivity index (χ1n) is 7.19. The minimum absolute atomic E-state index is 0.0630. The molecule has 1 aliphatic carbocycles. The number of carbonyl (C=O) groups excluding carboxylic acids is 1. The number of nitrogens with one attached hydrogen (secondary N) is 1. The highest BCUT2D eigenvalue weighted by atomic mass is 16.3. The van der Waals surface area contributed by atoms with Crippen molar-refractivity contribution in [1.29, 1.82) is 0 Å². The van der Waals surface area contributed by atoms with Gasteiger partial charge in [0, 0.05) is 18.4 Å². The minimum Gasteiger partial charge on any atom is -0.388 e. The maximum Gasteiger partial charge on any atom is 0.240 e. The fourth-order valence-corrected chi connectivity index (χ4v) is 2.63. The fraction of sp³-hybridized carbons (Fsp3) is 0.667. The Morgan fingerprint density at radius 1 is 1.47 bits per heavy atom. The summed E-state index contributed by atoms with van der Waals surface area (Å²) in [7, 11) is 0. The maximum absolute atomic E-state index is 11.9. The van der Waals surface area contributed by atoms with E-state index >= 15 is 0 Å². The Bertz CT molecular complexity index is 420. The average Bonchev–Trinajstić information content (AvgIpc) is 2.99. The van der Waals surface area contributed by atoms with Crippen LogP contribution in [-0.2, 0) is 11.3 Å². The van der Waals surface area contributed by atoms with E-state index in [0.717, 1.165) is 18.4 Å². The van der Waals surface area contributed by atoms with Crippen LogP contribution in [0, 0.1) is 5.92 Å². The third-order valence-corrected chi connectivity index (χ3v) is 3.79. The van der Waals surface area contributed by atoms with Gasteiger partial charge < -0.3 is 15.0 Å². The standard InChI is InChI=1S/C15H24N2O2/c1-11(2)15(19)12-7-8-17(9-12)10-14(18)16-13-5-3-4-6-13/h7-9,11,13,15,19H,3-6,10H2,1-2H3,(H,16,18). The van der Waals surface area contributed by atoms with Gasteiger partial charge in [0.15, 0.2) is 0 Å². The number of aliphatic hydroxyl groups excluding tert-OH is 1. The number of carbonyl (C=O) groups is 1. The fourth-order valence-electron chi connectivity index (χ4n) is 2.63. The lowest BCUT2D eigenvalue weighted by atomic mass is 10.0. The first-order valence-corrected chi connectivity index (χ1v) is 7.19. The molecule has 1 aromatic rings. The molecule has 1 aromatic heterocycles. The second kappa shape index (κ2) is 6.24. The Hall–Kier alpha value is -1.29. The predicted molar refractivity (Wildman–Crippen MR) is 74.6 cm³/mol. The molecule has 2 N–H and O–H groups in total. The number of rotatable bonds is 5. The number of amides is 1. The molecular weight excluding hydrogens is 240 g/mol. The van der Waals surface area contributed by atoms with Crippen LogP contribution in [0.2, 0.25) is 0 Å². The van der Waals surface area contributed by atoms with E-state index in [9.17, 15) is 9.90 Å². The lowest BCUT2D eigenvalue weighted by Crippen LogP contribution is -2.34. The molecule has 0 aromatic carbocycles. The quantitative estimate of drug-likeness (QED) is 0.857. The molecule has 1 saturated carbocycles. The van der Waals surface area contributed by atoms with Crippen molar-refractivity contribution in [3.63, 3.8) is 0 Å². The average molecular weight is 264 g/mol. The molecule has 1 heterocycles. The molecule has 0 saturated heterocycles. The van der Waals surface area contributed by atoms with Crippen LogP contribution in [0.5, 0.6) is 0 Å². The van der Waals surface area contributed by atoms with Crippen molar-refractivity contribution < 1.29 is 9.90 Å². The van der Waals surface area contributed by atoms with Crippen molar-refractivity contribution in [2.45, 2.75) is 58.2 Å². The van der Waals surface area contributed by atoms with Gasteiger partial charge >= 0.3 is 0 Å². The van der Waals surface area contributed by atoms with Crippen LogP contribution >= 0.6 is 0 Å². The van der Waals surface area contributed by atoms with Gasteiger partial charge in [-0.2, -0.15) is 0 Å². The lowest BCUT2D eigenvalue weighted by Gasteiger charge is -2.13. The summed E-state index contributed by atoms with van der Waals surface area (Å²) in [6.45, 7) is 4.30. The molecule has 4 heteroatoms. The molecule has 0 aliphatic heterocycles. The molecular formula is C15H24N2O2. The summed E-state index contributed by atoms with van der Waals surface area (Å²) < 4.78 is 1.84. The molecule has 0 bridgehead atoms. The number of aromatic nitrogens is 1. The molecule has 4 nitrogen and oxygen atoms in total. The summed E-state index contributed by atoms with van der Waals surface area (Å²) in [5, 5.41) is 13.0. The third-order valence-electron chi connectivity index (χ3n) is 3.79. The van der Waals surface area contributed by atoms with Crippen molar-refractivity contribution in [2.24, 2.45) is 5.92 Å². The Morgan fingerprint density at radius 3 is 2.79 bits per heavy atom. The highest BCUT2D eigenvalue weighted by Gasteiger charge is 2.18. The second-order valence-electron chi connectivity index (χ2n) is 5.85. The van der Waals surface area contributed by atoms with E-state index < -0.39 is 6.10 Å². The number of nitrogens with zero attached hydrogens (tertiary/aromatic N) is 1. The van der Waals surface area contributed by atoms with E-state index in [1.807, 2.05) is 36.9 Å². The summed E-state index contributed by atoms with van der Waals surface area (Å²) >= 11 is 0. The summed E-state index contributed by atoms with van der Waals surface area (Å²) in [6, 6.07) is 2.25. The summed E-state index contributed by atoms with van der Waals surface area (Å²) in [6.07, 6.45) is 7.91. The topological polar surface area (TPSA) is 54.3 Å². The van der Waals surface area contributed by atoms with Gasteiger partial charge in [-0.15, -0.1) is 0 Å². The Balaban J connectivity index is 1.86. The lowest BCUT2D eigenvalue weighted by molar-refractivity contribution is -0.122. The van der Waals surface area contributed by atoms with E-state index in [4.69, 9.17) is 0 Å². The molecule has 1 amide bonds. The predicted octanol–water partition coefficient (Wildman–Crippen LogP) is 2.24. The molecule has 1 atom stereocenters. The Labute approximate surface area is 114 Å². The SMILES string of the molecule is CC(C)C(O)c1ccn(CC(=O)NC2CCCC2)c1. The van der Waals surface area contributed by atoms with Crippen LogP contribution in [0.3, 0.4) is 0 Å². The van der Waals surface area contributed by atoms with E-state index in [1.165, 1.54) is 12.8 Å². The molecule has 0 spiro atoms. The molecule has 19 heavy (non-hydrogen) atoms. The highest BCUT2D eigenvalue weighted by Crippen LogP contribution is 2.21. The van der Waals surface area contributed by atoms with Crippen LogP contribution < -0.4 is 5.32 Å². The zero-order valence-corrected chi connectivity index (χ0v) is 11.8. The minimum atomic E-state index is -0.459. The first kappa shape index (κ1) is 14.1. The van der Waals surface area contributed by atoms with Crippen LogP contribution in [0.4, 0.5) is 0 Å². The van der Waals surface area contributed by atoms with E-state index in [1.54, 1.807) is 0 Å². The normalized spacial score (nSPS) is 17.9. The van der Waals surface area contributed by atoms with Gasteiger partial charge in [-0.05, 0) is 30.4 Å². The van der Waals surface area contributed by atoms with Crippen molar-refractivity contribution in [1.82, 2.24) is 9.88 Å². The van der Waals surface area contributed by atoms with Gasteiger partial charge in [-0.3, -0.25) is 4.79 Å².